The molecule has 0 nitrogen and oxygen atoms in total. The second-order valence-electron chi connectivity index (χ2n) is 6.95. The van der Waals surface area contributed by atoms with Gasteiger partial charge in [0, 0.05) is 0 Å². The molecule has 0 aromatic carbocycles. The van der Waals surface area contributed by atoms with E-state index in [0.717, 1.165) is 0 Å². The van der Waals surface area contributed by atoms with Crippen LogP contribution in [0.3, 0.4) is 0 Å². The first-order valence-electron chi connectivity index (χ1n) is 8.83. The van der Waals surface area contributed by atoms with Crippen LogP contribution in [-0.4, -0.2) is 48.9 Å². The molecule has 0 spiro atoms. The molecule has 0 aliphatic carbocycles. The molecule has 0 rings (SSSR count). The van der Waals surface area contributed by atoms with Crippen LogP contribution in [-0.2, 0) is 14.8 Å². The van der Waals surface area contributed by atoms with Crippen LogP contribution in [0.2, 0.25) is 20.1 Å². The Balaban J connectivity index is 0. The Kier molecular flexibility index (Phi) is 19.5. The number of hydrogen-bond donors (Lipinski definition) is 0. The zero-order chi connectivity index (χ0) is 13.0. The van der Waals surface area contributed by atoms with Crippen molar-refractivity contribution in [1.82, 2.24) is 0 Å². The van der Waals surface area contributed by atoms with Gasteiger partial charge in [0.25, 0.3) is 0 Å². The van der Waals surface area contributed by atoms with Crippen molar-refractivity contribution in [3.05, 3.63) is 0 Å². The van der Waals surface area contributed by atoms with Crippen LogP contribution < -0.4 is 0 Å². The minimum absolute atomic E-state index is 0. The van der Waals surface area contributed by atoms with Crippen LogP contribution in [0.15, 0.2) is 0 Å². The van der Waals surface area contributed by atoms with Gasteiger partial charge in [0.05, 0.1) is 0 Å². The van der Waals surface area contributed by atoms with Crippen LogP contribution in [0.25, 0.3) is 0 Å². The van der Waals surface area contributed by atoms with Crippen molar-refractivity contribution in [2.24, 2.45) is 0 Å². The molecule has 0 aromatic heterocycles. The van der Waals surface area contributed by atoms with E-state index in [1.165, 1.54) is 51.4 Å². The van der Waals surface area contributed by atoms with Crippen molar-refractivity contribution in [3.8, 4) is 0 Å². The van der Waals surface area contributed by atoms with Gasteiger partial charge in [-0.15, -0.1) is 0 Å². The first-order chi connectivity index (χ1) is 8.24. The molecule has 0 aromatic rings. The van der Waals surface area contributed by atoms with Crippen molar-refractivity contribution in [3.63, 3.8) is 0 Å². The first-order valence-corrected chi connectivity index (χ1v) is 17.2. The molecule has 0 atom stereocenters. The average molecular weight is 433 g/mol. The van der Waals surface area contributed by atoms with E-state index in [2.05, 4.69) is 27.7 Å². The molecule has 106 valence electrons. The van der Waals surface area contributed by atoms with Gasteiger partial charge in [-0.05, 0) is 0 Å². The van der Waals surface area contributed by atoms with Crippen molar-refractivity contribution < 1.29 is 14.8 Å². The molecule has 0 aliphatic rings. The summed E-state index contributed by atoms with van der Waals surface area (Å²) in [6.45, 7) is 9.49. The van der Waals surface area contributed by atoms with Crippen LogP contribution in [0.5, 0.6) is 0 Å². The van der Waals surface area contributed by atoms with E-state index in [0.29, 0.717) is 0 Å². The Morgan fingerprint density at radius 3 is 0.889 bits per heavy atom. The molecule has 0 saturated heterocycles. The van der Waals surface area contributed by atoms with Gasteiger partial charge < -0.3 is 0 Å². The molecule has 0 radical (unpaired) electrons. The summed E-state index contributed by atoms with van der Waals surface area (Å²) in [5.41, 5.74) is 0. The maximum atomic E-state index is 2.37. The summed E-state index contributed by atoms with van der Waals surface area (Å²) in [6, 6.07) is 0. The predicted molar refractivity (Wildman–Crippen MR) is 87.4 cm³/mol. The van der Waals surface area contributed by atoms with Gasteiger partial charge in [0.1, 0.15) is 0 Å². The Bertz CT molecular complexity index is 122. The van der Waals surface area contributed by atoms with Crippen LogP contribution >= 0.6 is 0 Å². The van der Waals surface area contributed by atoms with E-state index in [4.69, 9.17) is 0 Å². The molecule has 0 unspecified atom stereocenters. The van der Waals surface area contributed by atoms with Crippen molar-refractivity contribution in [2.75, 3.05) is 0 Å². The van der Waals surface area contributed by atoms with Crippen LogP contribution in [0.1, 0.15) is 79.1 Å². The Labute approximate surface area is 160 Å². The fourth-order valence-electron chi connectivity index (χ4n) is 4.18. The van der Waals surface area contributed by atoms with Crippen molar-refractivity contribution in [1.29, 1.82) is 0 Å². The average Bonchev–Trinajstić information content (AvgIpc) is 2.37. The third kappa shape index (κ3) is 10.9. The Hall–Kier alpha value is 2.19. The number of unbranched alkanes of at least 4 members (excludes halogenated alkanes) is 4. The topological polar surface area (TPSA) is 0 Å². The van der Waals surface area contributed by atoms with Gasteiger partial charge in [0.2, 0.25) is 0 Å². The SMILES string of the molecule is CCC[CH2][Zn]([CH2]CCC)([CH2]CCC)[CH2]CCC.[BaH2]. The van der Waals surface area contributed by atoms with E-state index in [-0.39, 0.29) is 48.9 Å². The number of rotatable bonds is 12. The molecule has 2 heteroatoms. The molecule has 0 aliphatic heterocycles. The van der Waals surface area contributed by atoms with Gasteiger partial charge in [-0.1, -0.05) is 0 Å². The molecule has 18 heavy (non-hydrogen) atoms. The number of hydrogen-bond acceptors (Lipinski definition) is 0. The summed E-state index contributed by atoms with van der Waals surface area (Å²) in [4.78, 5) is 0. The van der Waals surface area contributed by atoms with Crippen LogP contribution in [0.4, 0.5) is 0 Å². The third-order valence-corrected chi connectivity index (χ3v) is 22.2. The third-order valence-electron chi connectivity index (χ3n) is 5.41. The summed E-state index contributed by atoms with van der Waals surface area (Å²) in [6.07, 6.45) is 11.8. The molecule has 0 N–H and O–H groups in total. The fraction of sp³-hybridized carbons (Fsp3) is 1.00. The van der Waals surface area contributed by atoms with E-state index < -0.39 is 14.8 Å². The molecular formula is C16H38BaZn. The second-order valence-corrected chi connectivity index (χ2v) is 21.8. The van der Waals surface area contributed by atoms with Gasteiger partial charge in [-0.2, -0.15) is 0 Å². The maximum absolute atomic E-state index is 2.37. The zero-order valence-corrected chi connectivity index (χ0v) is 16.2. The first kappa shape index (κ1) is 22.5. The van der Waals surface area contributed by atoms with E-state index in [9.17, 15) is 0 Å². The normalized spacial score (nSPS) is 10.4. The summed E-state index contributed by atoms with van der Waals surface area (Å²) < 4.78 is 0. The Morgan fingerprint density at radius 1 is 0.500 bits per heavy atom. The molecule has 0 bridgehead atoms. The van der Waals surface area contributed by atoms with Crippen LogP contribution in [0, 0.1) is 0 Å². The summed E-state index contributed by atoms with van der Waals surface area (Å²) in [5, 5.41) is 6.83. The van der Waals surface area contributed by atoms with E-state index in [1.54, 1.807) is 20.1 Å². The second kappa shape index (κ2) is 15.6. The minimum atomic E-state index is -1.79. The fourth-order valence-corrected chi connectivity index (χ4v) is 21.7. The van der Waals surface area contributed by atoms with Crippen molar-refractivity contribution >= 4 is 48.9 Å². The van der Waals surface area contributed by atoms with Gasteiger partial charge >= 0.3 is 163 Å². The zero-order valence-electron chi connectivity index (χ0n) is 13.2. The van der Waals surface area contributed by atoms with E-state index in [1.807, 2.05) is 0 Å². The Morgan fingerprint density at radius 2 is 0.722 bits per heavy atom. The molecular weight excluding hydrogens is 395 g/mol. The summed E-state index contributed by atoms with van der Waals surface area (Å²) in [7, 11) is 0. The monoisotopic (exact) mass is 432 g/mol. The molecule has 0 fully saturated rings. The summed E-state index contributed by atoms with van der Waals surface area (Å²) >= 11 is -1.79. The molecule has 0 saturated carbocycles. The van der Waals surface area contributed by atoms with E-state index >= 15 is 0 Å². The van der Waals surface area contributed by atoms with Gasteiger partial charge in [-0.3, -0.25) is 0 Å². The standard InChI is InChI=1S/4C4H9.Ba.Zn.2H/c4*1-3-4-2;;;;/h4*1,3-4H2,2H3;;;;. The van der Waals surface area contributed by atoms with Gasteiger partial charge in [0.15, 0.2) is 0 Å². The quantitative estimate of drug-likeness (QED) is 0.327. The summed E-state index contributed by atoms with van der Waals surface area (Å²) in [5.74, 6) is 0. The van der Waals surface area contributed by atoms with Gasteiger partial charge in [-0.25, -0.2) is 0 Å². The molecule has 0 heterocycles. The van der Waals surface area contributed by atoms with Crippen molar-refractivity contribution in [2.45, 2.75) is 99.1 Å². The molecule has 0 amide bonds. The predicted octanol–water partition coefficient (Wildman–Crippen LogP) is 6.10.